The molecule has 0 aliphatic heterocycles. The van der Waals surface area contributed by atoms with Gasteiger partial charge in [0.05, 0.1) is 18.1 Å². The predicted molar refractivity (Wildman–Crippen MR) is 78.1 cm³/mol. The van der Waals surface area contributed by atoms with Crippen LogP contribution in [0.1, 0.15) is 18.5 Å². The van der Waals surface area contributed by atoms with Crippen LogP contribution in [0.4, 0.5) is 15.8 Å². The lowest BCUT2D eigenvalue weighted by Gasteiger charge is -2.16. The van der Waals surface area contributed by atoms with Crippen molar-refractivity contribution >= 4 is 11.4 Å². The van der Waals surface area contributed by atoms with Crippen LogP contribution in [0.25, 0.3) is 0 Å². The molecule has 5 nitrogen and oxygen atoms in total. The van der Waals surface area contributed by atoms with Gasteiger partial charge in [-0.3, -0.25) is 10.1 Å². The summed E-state index contributed by atoms with van der Waals surface area (Å²) in [6, 6.07) is 10.4. The number of nitro groups is 1. The van der Waals surface area contributed by atoms with Gasteiger partial charge >= 0.3 is 0 Å². The summed E-state index contributed by atoms with van der Waals surface area (Å²) < 4.78 is 18.3. The first-order chi connectivity index (χ1) is 9.99. The van der Waals surface area contributed by atoms with Crippen LogP contribution in [-0.4, -0.2) is 12.0 Å². The Morgan fingerprint density at radius 2 is 2.05 bits per heavy atom. The highest BCUT2D eigenvalue weighted by Crippen LogP contribution is 2.28. The van der Waals surface area contributed by atoms with Crippen LogP contribution in [0.15, 0.2) is 42.5 Å². The highest BCUT2D eigenvalue weighted by molar-refractivity contribution is 5.57. The van der Waals surface area contributed by atoms with Crippen molar-refractivity contribution in [1.29, 1.82) is 0 Å². The van der Waals surface area contributed by atoms with E-state index < -0.39 is 4.92 Å². The smallest absolute Gasteiger partial charge is 0.275 e. The Hall–Kier alpha value is -2.63. The van der Waals surface area contributed by atoms with Crippen LogP contribution >= 0.6 is 0 Å². The third-order valence-electron chi connectivity index (χ3n) is 3.07. The van der Waals surface area contributed by atoms with Gasteiger partial charge in [0.1, 0.15) is 11.6 Å². The topological polar surface area (TPSA) is 64.4 Å². The molecule has 0 fully saturated rings. The van der Waals surface area contributed by atoms with E-state index in [4.69, 9.17) is 4.74 Å². The molecule has 1 atom stereocenters. The van der Waals surface area contributed by atoms with E-state index in [-0.39, 0.29) is 17.5 Å². The molecular weight excluding hydrogens is 275 g/mol. The number of nitro benzene ring substituents is 1. The molecule has 0 heterocycles. The molecule has 0 spiro atoms. The summed E-state index contributed by atoms with van der Waals surface area (Å²) in [7, 11) is 1.44. The van der Waals surface area contributed by atoms with Gasteiger partial charge in [0, 0.05) is 23.9 Å². The molecule has 1 unspecified atom stereocenters. The fourth-order valence-corrected chi connectivity index (χ4v) is 2.00. The lowest BCUT2D eigenvalue weighted by Crippen LogP contribution is -2.07. The summed E-state index contributed by atoms with van der Waals surface area (Å²) in [4.78, 5) is 10.4. The van der Waals surface area contributed by atoms with Crippen LogP contribution in [-0.2, 0) is 0 Å². The first-order valence-corrected chi connectivity index (χ1v) is 6.35. The molecule has 0 radical (unpaired) electrons. The third kappa shape index (κ3) is 3.68. The van der Waals surface area contributed by atoms with E-state index in [1.807, 2.05) is 6.92 Å². The number of nitrogens with one attached hydrogen (secondary N) is 1. The monoisotopic (exact) mass is 290 g/mol. The van der Waals surface area contributed by atoms with E-state index in [1.165, 1.54) is 31.4 Å². The quantitative estimate of drug-likeness (QED) is 0.669. The van der Waals surface area contributed by atoms with Crippen molar-refractivity contribution in [3.8, 4) is 5.75 Å². The number of rotatable bonds is 5. The van der Waals surface area contributed by atoms with Gasteiger partial charge in [0.15, 0.2) is 0 Å². The summed E-state index contributed by atoms with van der Waals surface area (Å²) >= 11 is 0. The van der Waals surface area contributed by atoms with E-state index in [9.17, 15) is 14.5 Å². The van der Waals surface area contributed by atoms with Crippen molar-refractivity contribution < 1.29 is 14.1 Å². The number of hydrogen-bond donors (Lipinski definition) is 1. The Morgan fingerprint density at radius 3 is 2.67 bits per heavy atom. The van der Waals surface area contributed by atoms with Gasteiger partial charge in [-0.15, -0.1) is 0 Å². The van der Waals surface area contributed by atoms with Gasteiger partial charge in [-0.05, 0) is 24.6 Å². The zero-order valence-corrected chi connectivity index (χ0v) is 11.7. The summed E-state index contributed by atoms with van der Waals surface area (Å²) in [5.74, 6) is 0.0657. The molecule has 0 aromatic heterocycles. The van der Waals surface area contributed by atoms with Crippen molar-refractivity contribution in [3.05, 3.63) is 64.0 Å². The molecule has 6 heteroatoms. The Balaban J connectivity index is 2.26. The number of halogens is 1. The lowest BCUT2D eigenvalue weighted by molar-refractivity contribution is -0.384. The molecule has 0 amide bonds. The number of hydrogen-bond acceptors (Lipinski definition) is 4. The average molecular weight is 290 g/mol. The van der Waals surface area contributed by atoms with Gasteiger partial charge < -0.3 is 10.1 Å². The van der Waals surface area contributed by atoms with Gasteiger partial charge in [-0.1, -0.05) is 12.1 Å². The van der Waals surface area contributed by atoms with E-state index in [2.05, 4.69) is 5.32 Å². The van der Waals surface area contributed by atoms with Crippen molar-refractivity contribution in [2.45, 2.75) is 13.0 Å². The van der Waals surface area contributed by atoms with Crippen LogP contribution in [0, 0.1) is 15.9 Å². The number of anilines is 1. The molecule has 0 bridgehead atoms. The fraction of sp³-hybridized carbons (Fsp3) is 0.200. The molecule has 2 aromatic rings. The fourth-order valence-electron chi connectivity index (χ4n) is 2.00. The molecule has 0 aliphatic rings. The molecule has 110 valence electrons. The minimum atomic E-state index is -0.486. The van der Waals surface area contributed by atoms with Crippen molar-refractivity contribution in [3.63, 3.8) is 0 Å². The minimum absolute atomic E-state index is 0.0664. The Labute approximate surface area is 121 Å². The number of ether oxygens (including phenoxy) is 1. The summed E-state index contributed by atoms with van der Waals surface area (Å²) in [6.07, 6.45) is 0. The largest absolute Gasteiger partial charge is 0.496 e. The molecule has 2 rings (SSSR count). The number of methoxy groups -OCH3 is 1. The van der Waals surface area contributed by atoms with Gasteiger partial charge in [0.2, 0.25) is 0 Å². The third-order valence-corrected chi connectivity index (χ3v) is 3.07. The van der Waals surface area contributed by atoms with Crippen LogP contribution in [0.3, 0.4) is 0 Å². The molecular formula is C15H15FN2O3. The predicted octanol–water partition coefficient (Wildman–Crippen LogP) is 3.92. The van der Waals surface area contributed by atoms with Gasteiger partial charge in [-0.25, -0.2) is 4.39 Å². The minimum Gasteiger partial charge on any atom is -0.496 e. The highest BCUT2D eigenvalue weighted by Gasteiger charge is 2.12. The number of nitrogens with zero attached hydrogens (tertiary/aromatic N) is 1. The van der Waals surface area contributed by atoms with Crippen LogP contribution < -0.4 is 10.1 Å². The zero-order valence-electron chi connectivity index (χ0n) is 11.7. The molecule has 21 heavy (non-hydrogen) atoms. The number of non-ortho nitro benzene ring substituents is 1. The molecule has 0 aliphatic carbocycles. The lowest BCUT2D eigenvalue weighted by atomic mass is 10.1. The van der Waals surface area contributed by atoms with Crippen molar-refractivity contribution in [1.82, 2.24) is 0 Å². The summed E-state index contributed by atoms with van der Waals surface area (Å²) in [5.41, 5.74) is 1.22. The zero-order chi connectivity index (χ0) is 15.4. The van der Waals surface area contributed by atoms with Crippen LogP contribution in [0.5, 0.6) is 5.75 Å². The van der Waals surface area contributed by atoms with E-state index >= 15 is 0 Å². The Kier molecular flexibility index (Phi) is 4.37. The molecule has 0 saturated heterocycles. The van der Waals surface area contributed by atoms with E-state index in [0.29, 0.717) is 11.4 Å². The average Bonchev–Trinajstić information content (AvgIpc) is 2.46. The summed E-state index contributed by atoms with van der Waals surface area (Å²) in [6.45, 7) is 1.85. The molecule has 2 aromatic carbocycles. The van der Waals surface area contributed by atoms with Crippen molar-refractivity contribution in [2.75, 3.05) is 12.4 Å². The normalized spacial score (nSPS) is 11.8. The molecule has 0 saturated carbocycles. The number of benzene rings is 2. The van der Waals surface area contributed by atoms with E-state index in [1.54, 1.807) is 18.2 Å². The first kappa shape index (κ1) is 14.8. The Bertz CT molecular complexity index is 661. The van der Waals surface area contributed by atoms with Crippen molar-refractivity contribution in [2.24, 2.45) is 0 Å². The second-order valence-electron chi connectivity index (χ2n) is 4.60. The Morgan fingerprint density at radius 1 is 1.29 bits per heavy atom. The second kappa shape index (κ2) is 6.21. The highest BCUT2D eigenvalue weighted by atomic mass is 19.1. The van der Waals surface area contributed by atoms with Gasteiger partial charge in [-0.2, -0.15) is 0 Å². The standard InChI is InChI=1S/C15H15FN2O3/c1-10(11-4-3-5-12(16)6-11)17-13-7-14(18(19)20)9-15(8-13)21-2/h3-10,17H,1-2H3. The van der Waals surface area contributed by atoms with Gasteiger partial charge in [0.25, 0.3) is 5.69 Å². The van der Waals surface area contributed by atoms with E-state index in [0.717, 1.165) is 5.56 Å². The second-order valence-corrected chi connectivity index (χ2v) is 4.60. The maximum absolute atomic E-state index is 13.2. The first-order valence-electron chi connectivity index (χ1n) is 6.35. The SMILES string of the molecule is COc1cc(NC(C)c2cccc(F)c2)cc([N+](=O)[O-])c1. The molecule has 1 N–H and O–H groups in total. The maximum Gasteiger partial charge on any atom is 0.275 e. The summed E-state index contributed by atoms with van der Waals surface area (Å²) in [5, 5.41) is 14.0. The van der Waals surface area contributed by atoms with Crippen LogP contribution in [0.2, 0.25) is 0 Å². The maximum atomic E-state index is 13.2.